The maximum Gasteiger partial charge on any atom is 0.210 e. The number of sulfonamides is 1. The molecule has 0 aliphatic carbocycles. The van der Waals surface area contributed by atoms with Crippen LogP contribution in [0.15, 0.2) is 24.3 Å². The van der Waals surface area contributed by atoms with Crippen LogP contribution in [0.2, 0.25) is 0 Å². The molecule has 0 saturated carbocycles. The molecule has 0 spiro atoms. The van der Waals surface area contributed by atoms with E-state index in [4.69, 9.17) is 5.14 Å². The lowest BCUT2D eigenvalue weighted by Gasteiger charge is -2.16. The number of anilines is 1. The molecule has 0 saturated heterocycles. The van der Waals surface area contributed by atoms with E-state index in [1.807, 2.05) is 50.2 Å². The molecule has 102 valence electrons. The Morgan fingerprint density at radius 2 is 1.83 bits per heavy atom. The van der Waals surface area contributed by atoms with E-state index in [1.165, 1.54) is 0 Å². The van der Waals surface area contributed by atoms with E-state index in [0.717, 1.165) is 11.3 Å². The third-order valence-corrected chi connectivity index (χ3v) is 3.52. The second-order valence-electron chi connectivity index (χ2n) is 4.53. The Hall–Kier alpha value is -1.11. The first-order chi connectivity index (χ1) is 8.29. The fourth-order valence-electron chi connectivity index (χ4n) is 1.60. The second-order valence-corrected chi connectivity index (χ2v) is 6.26. The van der Waals surface area contributed by atoms with Gasteiger partial charge in [0.05, 0.1) is 5.75 Å². The molecule has 1 aromatic rings. The lowest BCUT2D eigenvalue weighted by atomic mass is 10.1. The highest BCUT2D eigenvalue weighted by Crippen LogP contribution is 2.17. The minimum absolute atomic E-state index is 0.0485. The van der Waals surface area contributed by atoms with Crippen molar-refractivity contribution >= 4 is 15.7 Å². The summed E-state index contributed by atoms with van der Waals surface area (Å²) in [4.78, 5) is 2.03. The molecule has 0 aliphatic heterocycles. The van der Waals surface area contributed by atoms with E-state index in [1.54, 1.807) is 0 Å². The molecule has 0 bridgehead atoms. The minimum atomic E-state index is -3.39. The van der Waals surface area contributed by atoms with Gasteiger partial charge in [-0.05, 0) is 24.6 Å². The number of primary sulfonamides is 1. The first-order valence-electron chi connectivity index (χ1n) is 5.81. The number of hydrogen-bond acceptors (Lipinski definition) is 4. The maximum atomic E-state index is 10.8. The molecule has 1 atom stereocenters. The predicted molar refractivity (Wildman–Crippen MR) is 75.2 cm³/mol. The second kappa shape index (κ2) is 6.17. The van der Waals surface area contributed by atoms with Crippen molar-refractivity contribution in [2.24, 2.45) is 5.14 Å². The Kier molecular flexibility index (Phi) is 5.13. The summed E-state index contributed by atoms with van der Waals surface area (Å²) in [5.41, 5.74) is 2.26. The zero-order chi connectivity index (χ0) is 13.8. The molecule has 0 aromatic heterocycles. The molecule has 0 heterocycles. The summed E-state index contributed by atoms with van der Waals surface area (Å²) in [6.45, 7) is 2.35. The van der Waals surface area contributed by atoms with Gasteiger partial charge in [0.15, 0.2) is 0 Å². The first kappa shape index (κ1) is 14.9. The predicted octanol–water partition coefficient (Wildman–Crippen LogP) is 0.692. The molecule has 6 heteroatoms. The lowest BCUT2D eigenvalue weighted by Crippen LogP contribution is -2.28. The molecule has 5 nitrogen and oxygen atoms in total. The van der Waals surface area contributed by atoms with Gasteiger partial charge in [0.1, 0.15) is 0 Å². The van der Waals surface area contributed by atoms with Crippen molar-refractivity contribution in [1.29, 1.82) is 0 Å². The van der Waals surface area contributed by atoms with Crippen LogP contribution >= 0.6 is 0 Å². The van der Waals surface area contributed by atoms with Crippen molar-refractivity contribution in [1.82, 2.24) is 5.32 Å². The highest BCUT2D eigenvalue weighted by molar-refractivity contribution is 7.89. The first-order valence-corrected chi connectivity index (χ1v) is 7.52. The maximum absolute atomic E-state index is 10.8. The summed E-state index contributed by atoms with van der Waals surface area (Å²) in [5.74, 6) is -0.0485. The Morgan fingerprint density at radius 3 is 2.28 bits per heavy atom. The lowest BCUT2D eigenvalue weighted by molar-refractivity contribution is 0.573. The molecule has 1 rings (SSSR count). The van der Waals surface area contributed by atoms with E-state index in [0.29, 0.717) is 6.54 Å². The van der Waals surface area contributed by atoms with Gasteiger partial charge in [-0.3, -0.25) is 0 Å². The molecular weight excluding hydrogens is 250 g/mol. The van der Waals surface area contributed by atoms with Crippen molar-refractivity contribution in [3.05, 3.63) is 29.8 Å². The van der Waals surface area contributed by atoms with Gasteiger partial charge in [0.2, 0.25) is 10.0 Å². The van der Waals surface area contributed by atoms with Crippen LogP contribution in [-0.2, 0) is 10.0 Å². The number of hydrogen-bond donors (Lipinski definition) is 2. The summed E-state index contributed by atoms with van der Waals surface area (Å²) < 4.78 is 21.6. The molecule has 3 N–H and O–H groups in total. The monoisotopic (exact) mass is 271 g/mol. The molecule has 0 aliphatic rings. The smallest absolute Gasteiger partial charge is 0.210 e. The largest absolute Gasteiger partial charge is 0.378 e. The van der Waals surface area contributed by atoms with Crippen molar-refractivity contribution in [2.75, 3.05) is 31.3 Å². The van der Waals surface area contributed by atoms with Crippen molar-refractivity contribution in [3.8, 4) is 0 Å². The van der Waals surface area contributed by atoms with E-state index in [2.05, 4.69) is 5.32 Å². The molecule has 18 heavy (non-hydrogen) atoms. The minimum Gasteiger partial charge on any atom is -0.378 e. The van der Waals surface area contributed by atoms with E-state index in [9.17, 15) is 8.42 Å². The third kappa shape index (κ3) is 5.03. The van der Waals surface area contributed by atoms with Crippen LogP contribution in [0, 0.1) is 0 Å². The van der Waals surface area contributed by atoms with Crippen LogP contribution < -0.4 is 15.4 Å². The average molecular weight is 271 g/mol. The standard InChI is InChI=1S/C12H21N3O2S/c1-10(14-8-9-18(13,16)17)11-4-6-12(7-5-11)15(2)3/h4-7,10,14H,8-9H2,1-3H3,(H2,13,16,17). The van der Waals surface area contributed by atoms with Gasteiger partial charge in [-0.2, -0.15) is 0 Å². The number of nitrogens with two attached hydrogens (primary N) is 1. The molecular formula is C12H21N3O2S. The van der Waals surface area contributed by atoms with Crippen LogP contribution in [0.25, 0.3) is 0 Å². The fraction of sp³-hybridized carbons (Fsp3) is 0.500. The van der Waals surface area contributed by atoms with Crippen LogP contribution in [0.1, 0.15) is 18.5 Å². The fourth-order valence-corrected chi connectivity index (χ4v) is 2.00. The van der Waals surface area contributed by atoms with Crippen molar-refractivity contribution < 1.29 is 8.42 Å². The summed E-state index contributed by atoms with van der Waals surface area (Å²) >= 11 is 0. The van der Waals surface area contributed by atoms with Gasteiger partial charge in [-0.15, -0.1) is 0 Å². The Bertz CT molecular complexity index is 469. The summed E-state index contributed by atoms with van der Waals surface area (Å²) in [5, 5.41) is 8.07. The quantitative estimate of drug-likeness (QED) is 0.798. The van der Waals surface area contributed by atoms with Crippen molar-refractivity contribution in [2.45, 2.75) is 13.0 Å². The van der Waals surface area contributed by atoms with Gasteiger partial charge in [0.25, 0.3) is 0 Å². The Morgan fingerprint density at radius 1 is 1.28 bits per heavy atom. The number of nitrogens with zero attached hydrogens (tertiary/aromatic N) is 1. The van der Waals surface area contributed by atoms with Crippen LogP contribution in [-0.4, -0.2) is 34.8 Å². The zero-order valence-electron chi connectivity index (χ0n) is 11.1. The normalized spacial score (nSPS) is 13.3. The Balaban J connectivity index is 2.54. The van der Waals surface area contributed by atoms with Gasteiger partial charge < -0.3 is 10.2 Å². The highest BCUT2D eigenvalue weighted by atomic mass is 32.2. The van der Waals surface area contributed by atoms with E-state index in [-0.39, 0.29) is 11.8 Å². The van der Waals surface area contributed by atoms with Gasteiger partial charge in [-0.25, -0.2) is 13.6 Å². The number of rotatable bonds is 6. The van der Waals surface area contributed by atoms with Gasteiger partial charge in [-0.1, -0.05) is 12.1 Å². The number of nitrogens with one attached hydrogen (secondary N) is 1. The topological polar surface area (TPSA) is 75.4 Å². The molecule has 1 unspecified atom stereocenters. The SMILES string of the molecule is CC(NCCS(N)(=O)=O)c1ccc(N(C)C)cc1. The highest BCUT2D eigenvalue weighted by Gasteiger charge is 2.07. The summed E-state index contributed by atoms with van der Waals surface area (Å²) in [7, 11) is 0.589. The van der Waals surface area contributed by atoms with E-state index < -0.39 is 10.0 Å². The Labute approximate surface area is 109 Å². The van der Waals surface area contributed by atoms with Crippen molar-refractivity contribution in [3.63, 3.8) is 0 Å². The molecule has 0 amide bonds. The van der Waals surface area contributed by atoms with E-state index >= 15 is 0 Å². The van der Waals surface area contributed by atoms with Crippen LogP contribution in [0.4, 0.5) is 5.69 Å². The average Bonchev–Trinajstić information content (AvgIpc) is 2.27. The molecule has 0 radical (unpaired) electrons. The third-order valence-electron chi connectivity index (χ3n) is 2.75. The molecule has 0 fully saturated rings. The van der Waals surface area contributed by atoms with Crippen LogP contribution in [0.3, 0.4) is 0 Å². The zero-order valence-corrected chi connectivity index (χ0v) is 11.9. The van der Waals surface area contributed by atoms with Crippen LogP contribution in [0.5, 0.6) is 0 Å². The molecule has 1 aromatic carbocycles. The van der Waals surface area contributed by atoms with Gasteiger partial charge in [0, 0.05) is 32.4 Å². The summed E-state index contributed by atoms with van der Waals surface area (Å²) in [6.07, 6.45) is 0. The number of benzene rings is 1. The van der Waals surface area contributed by atoms with Gasteiger partial charge >= 0.3 is 0 Å². The summed E-state index contributed by atoms with van der Waals surface area (Å²) in [6, 6.07) is 8.23.